The molecule has 1 amide bonds. The summed E-state index contributed by atoms with van der Waals surface area (Å²) in [5.41, 5.74) is 0. The van der Waals surface area contributed by atoms with Gasteiger partial charge in [-0.3, -0.25) is 4.79 Å². The van der Waals surface area contributed by atoms with Gasteiger partial charge in [-0.2, -0.15) is 4.31 Å². The molecule has 0 unspecified atom stereocenters. The van der Waals surface area contributed by atoms with Crippen molar-refractivity contribution in [1.29, 1.82) is 0 Å². The molecule has 0 aromatic heterocycles. The Kier molecular flexibility index (Phi) is 6.26. The van der Waals surface area contributed by atoms with Crippen LogP contribution in [0.2, 0.25) is 0 Å². The second-order valence-electron chi connectivity index (χ2n) is 5.55. The summed E-state index contributed by atoms with van der Waals surface area (Å²) in [4.78, 5) is 13.7. The molecule has 112 valence electrons. The molecule has 6 heteroatoms. The van der Waals surface area contributed by atoms with Gasteiger partial charge in [-0.25, -0.2) is 8.42 Å². The van der Waals surface area contributed by atoms with Gasteiger partial charge in [-0.15, -0.1) is 0 Å². The quantitative estimate of drug-likeness (QED) is 0.741. The number of hydrogen-bond donors (Lipinski definition) is 0. The molecule has 0 radical (unpaired) electrons. The standard InChI is InChI=1S/C13H26N2O3S/c1-4-5-10-19(17,18)15-8-6-14(7-9-15)13(16)11-12(2)3/h12H,4-11H2,1-3H3. The molecule has 0 bridgehead atoms. The highest BCUT2D eigenvalue weighted by molar-refractivity contribution is 7.89. The van der Waals surface area contributed by atoms with E-state index in [1.54, 1.807) is 4.90 Å². The number of carbonyl (C=O) groups is 1. The lowest BCUT2D eigenvalue weighted by molar-refractivity contribution is -0.133. The van der Waals surface area contributed by atoms with Gasteiger partial charge in [0.05, 0.1) is 5.75 Å². The van der Waals surface area contributed by atoms with Gasteiger partial charge in [-0.05, 0) is 12.3 Å². The van der Waals surface area contributed by atoms with Crippen LogP contribution in [0.25, 0.3) is 0 Å². The summed E-state index contributed by atoms with van der Waals surface area (Å²) in [6.45, 7) is 7.95. The molecular weight excluding hydrogens is 264 g/mol. The van der Waals surface area contributed by atoms with Gasteiger partial charge in [0, 0.05) is 32.6 Å². The van der Waals surface area contributed by atoms with Gasteiger partial charge in [0.2, 0.25) is 15.9 Å². The Balaban J connectivity index is 2.46. The van der Waals surface area contributed by atoms with Gasteiger partial charge in [0.1, 0.15) is 0 Å². The molecule has 1 rings (SSSR count). The zero-order chi connectivity index (χ0) is 14.5. The van der Waals surface area contributed by atoms with Crippen LogP contribution in [0.5, 0.6) is 0 Å². The molecule has 1 aliphatic heterocycles. The van der Waals surface area contributed by atoms with E-state index in [1.165, 1.54) is 4.31 Å². The number of sulfonamides is 1. The van der Waals surface area contributed by atoms with Crippen molar-refractivity contribution in [3.63, 3.8) is 0 Å². The summed E-state index contributed by atoms with van der Waals surface area (Å²) in [7, 11) is -3.12. The van der Waals surface area contributed by atoms with Crippen LogP contribution in [0.3, 0.4) is 0 Å². The van der Waals surface area contributed by atoms with Crippen molar-refractivity contribution in [3.05, 3.63) is 0 Å². The van der Waals surface area contributed by atoms with E-state index < -0.39 is 10.0 Å². The molecule has 5 nitrogen and oxygen atoms in total. The summed E-state index contributed by atoms with van der Waals surface area (Å²) >= 11 is 0. The van der Waals surface area contributed by atoms with Crippen LogP contribution >= 0.6 is 0 Å². The number of rotatable bonds is 6. The predicted octanol–water partition coefficient (Wildman–Crippen LogP) is 1.31. The Labute approximate surface area is 117 Å². The summed E-state index contributed by atoms with van der Waals surface area (Å²) in [5, 5.41) is 0. The first-order valence-electron chi connectivity index (χ1n) is 7.12. The topological polar surface area (TPSA) is 57.7 Å². The van der Waals surface area contributed by atoms with Crippen molar-refractivity contribution in [2.45, 2.75) is 40.0 Å². The zero-order valence-electron chi connectivity index (χ0n) is 12.3. The molecule has 0 saturated carbocycles. The average molecular weight is 290 g/mol. The maximum absolute atomic E-state index is 12.0. The van der Waals surface area contributed by atoms with Gasteiger partial charge in [0.15, 0.2) is 0 Å². The first-order valence-corrected chi connectivity index (χ1v) is 8.73. The van der Waals surface area contributed by atoms with Crippen molar-refractivity contribution in [2.24, 2.45) is 5.92 Å². The minimum absolute atomic E-state index is 0.139. The van der Waals surface area contributed by atoms with E-state index in [0.717, 1.165) is 6.42 Å². The Hall–Kier alpha value is -0.620. The Morgan fingerprint density at radius 1 is 1.16 bits per heavy atom. The zero-order valence-corrected chi connectivity index (χ0v) is 13.1. The highest BCUT2D eigenvalue weighted by atomic mass is 32.2. The molecule has 0 atom stereocenters. The number of amides is 1. The van der Waals surface area contributed by atoms with Crippen LogP contribution in [0.4, 0.5) is 0 Å². The van der Waals surface area contributed by atoms with Crippen LogP contribution < -0.4 is 0 Å². The normalized spacial score (nSPS) is 18.0. The van der Waals surface area contributed by atoms with E-state index in [4.69, 9.17) is 0 Å². The van der Waals surface area contributed by atoms with E-state index >= 15 is 0 Å². The Bertz CT molecular complexity index is 385. The number of unbranched alkanes of at least 4 members (excludes halogenated alkanes) is 1. The molecule has 1 fully saturated rings. The molecular formula is C13H26N2O3S. The molecule has 19 heavy (non-hydrogen) atoms. The molecule has 0 aromatic carbocycles. The minimum atomic E-state index is -3.12. The predicted molar refractivity (Wildman–Crippen MR) is 76.3 cm³/mol. The smallest absolute Gasteiger partial charge is 0.222 e. The van der Waals surface area contributed by atoms with Crippen molar-refractivity contribution in [3.8, 4) is 0 Å². The second-order valence-corrected chi connectivity index (χ2v) is 7.64. The first-order chi connectivity index (χ1) is 8.86. The fraction of sp³-hybridized carbons (Fsp3) is 0.923. The first kappa shape index (κ1) is 16.4. The van der Waals surface area contributed by atoms with E-state index in [0.29, 0.717) is 44.9 Å². The maximum Gasteiger partial charge on any atom is 0.222 e. The third kappa shape index (κ3) is 5.10. The molecule has 1 aliphatic rings. The van der Waals surface area contributed by atoms with Crippen LogP contribution in [-0.4, -0.2) is 55.5 Å². The molecule has 0 N–H and O–H groups in total. The van der Waals surface area contributed by atoms with Crippen LogP contribution in [0.1, 0.15) is 40.0 Å². The highest BCUT2D eigenvalue weighted by Crippen LogP contribution is 2.12. The summed E-state index contributed by atoms with van der Waals surface area (Å²) < 4.78 is 25.6. The lowest BCUT2D eigenvalue weighted by Crippen LogP contribution is -2.51. The number of carbonyl (C=O) groups excluding carboxylic acids is 1. The largest absolute Gasteiger partial charge is 0.340 e. The molecule has 1 heterocycles. The summed E-state index contributed by atoms with van der Waals surface area (Å²) in [6, 6.07) is 0. The second kappa shape index (κ2) is 7.24. The Morgan fingerprint density at radius 3 is 2.21 bits per heavy atom. The fourth-order valence-corrected chi connectivity index (χ4v) is 3.78. The SMILES string of the molecule is CCCCS(=O)(=O)N1CCN(C(=O)CC(C)C)CC1. The van der Waals surface area contributed by atoms with Gasteiger partial charge in [-0.1, -0.05) is 27.2 Å². The van der Waals surface area contributed by atoms with E-state index in [2.05, 4.69) is 0 Å². The third-order valence-corrected chi connectivity index (χ3v) is 5.28. The van der Waals surface area contributed by atoms with E-state index in [9.17, 15) is 13.2 Å². The lowest BCUT2D eigenvalue weighted by Gasteiger charge is -2.34. The monoisotopic (exact) mass is 290 g/mol. The minimum Gasteiger partial charge on any atom is -0.340 e. The summed E-state index contributed by atoms with van der Waals surface area (Å²) in [5.74, 6) is 0.711. The number of nitrogens with zero attached hydrogens (tertiary/aromatic N) is 2. The Morgan fingerprint density at radius 2 is 1.74 bits per heavy atom. The fourth-order valence-electron chi connectivity index (χ4n) is 2.15. The van der Waals surface area contributed by atoms with Crippen LogP contribution in [0.15, 0.2) is 0 Å². The van der Waals surface area contributed by atoms with Crippen LogP contribution in [0, 0.1) is 5.92 Å². The maximum atomic E-state index is 12.0. The molecule has 0 aliphatic carbocycles. The van der Waals surface area contributed by atoms with Gasteiger partial charge in [0.25, 0.3) is 0 Å². The third-order valence-electron chi connectivity index (χ3n) is 3.32. The summed E-state index contributed by atoms with van der Waals surface area (Å²) in [6.07, 6.45) is 2.13. The number of piperazine rings is 1. The van der Waals surface area contributed by atoms with Gasteiger partial charge < -0.3 is 4.90 Å². The lowest BCUT2D eigenvalue weighted by atomic mass is 10.1. The molecule has 0 aromatic rings. The van der Waals surface area contributed by atoms with Crippen molar-refractivity contribution >= 4 is 15.9 Å². The van der Waals surface area contributed by atoms with Crippen molar-refractivity contribution < 1.29 is 13.2 Å². The van der Waals surface area contributed by atoms with Gasteiger partial charge >= 0.3 is 0 Å². The van der Waals surface area contributed by atoms with Crippen molar-refractivity contribution in [2.75, 3.05) is 31.9 Å². The van der Waals surface area contributed by atoms with Crippen LogP contribution in [-0.2, 0) is 14.8 Å². The average Bonchev–Trinajstić information content (AvgIpc) is 2.36. The highest BCUT2D eigenvalue weighted by Gasteiger charge is 2.28. The van der Waals surface area contributed by atoms with E-state index in [-0.39, 0.29) is 11.7 Å². The molecule has 0 spiro atoms. The molecule has 1 saturated heterocycles. The van der Waals surface area contributed by atoms with Crippen molar-refractivity contribution in [1.82, 2.24) is 9.21 Å². The number of hydrogen-bond acceptors (Lipinski definition) is 3. The van der Waals surface area contributed by atoms with E-state index in [1.807, 2.05) is 20.8 Å².